The fraction of sp³-hybridized carbons (Fsp3) is 0.0625. The van der Waals surface area contributed by atoms with Gasteiger partial charge in [0.2, 0.25) is 0 Å². The van der Waals surface area contributed by atoms with Crippen LogP contribution in [0.5, 0.6) is 0 Å². The summed E-state index contributed by atoms with van der Waals surface area (Å²) in [6.07, 6.45) is -3.68. The van der Waals surface area contributed by atoms with Crippen molar-refractivity contribution < 1.29 is 30.4 Å². The van der Waals surface area contributed by atoms with Crippen LogP contribution in [-0.4, -0.2) is 13.4 Å². The number of halogens is 5. The number of nitriles is 1. The summed E-state index contributed by atoms with van der Waals surface area (Å²) in [6, 6.07) is 4.83. The second kappa shape index (κ2) is 6.24. The van der Waals surface area contributed by atoms with Crippen molar-refractivity contribution in [1.82, 2.24) is 4.98 Å². The summed E-state index contributed by atoms with van der Waals surface area (Å²) in [5.41, 5.74) is -2.43. The molecule has 0 aliphatic carbocycles. The molecule has 0 spiro atoms. The van der Waals surface area contributed by atoms with E-state index in [-0.39, 0.29) is 10.9 Å². The van der Waals surface area contributed by atoms with Crippen molar-refractivity contribution >= 4 is 26.6 Å². The van der Waals surface area contributed by atoms with Gasteiger partial charge in [-0.15, -0.1) is 0 Å². The van der Waals surface area contributed by atoms with Gasteiger partial charge in [0.25, 0.3) is 10.0 Å². The van der Waals surface area contributed by atoms with Crippen molar-refractivity contribution in [2.24, 2.45) is 0 Å². The second-order valence-corrected chi connectivity index (χ2v) is 7.09. The molecule has 0 saturated heterocycles. The van der Waals surface area contributed by atoms with Crippen LogP contribution in [0.1, 0.15) is 11.1 Å². The molecule has 0 atom stereocenters. The van der Waals surface area contributed by atoms with E-state index in [1.165, 1.54) is 6.07 Å². The number of hydrogen-bond donors (Lipinski definition) is 2. The number of nitrogens with one attached hydrogen (secondary N) is 2. The lowest BCUT2D eigenvalue weighted by molar-refractivity contribution is -0.137. The van der Waals surface area contributed by atoms with E-state index in [1.54, 1.807) is 0 Å². The molecule has 3 aromatic rings. The minimum Gasteiger partial charge on any atom is -0.360 e. The first kappa shape index (κ1) is 18.7. The zero-order valence-electron chi connectivity index (χ0n) is 13.0. The molecule has 0 fully saturated rings. The van der Waals surface area contributed by atoms with Gasteiger partial charge in [0.1, 0.15) is 22.6 Å². The molecule has 0 aliphatic heterocycles. The van der Waals surface area contributed by atoms with Gasteiger partial charge in [-0.1, -0.05) is 6.07 Å². The first-order chi connectivity index (χ1) is 12.5. The van der Waals surface area contributed by atoms with E-state index in [9.17, 15) is 30.4 Å². The van der Waals surface area contributed by atoms with Crippen LogP contribution in [0.2, 0.25) is 0 Å². The van der Waals surface area contributed by atoms with Crippen molar-refractivity contribution in [3.63, 3.8) is 0 Å². The maximum Gasteiger partial charge on any atom is 0.416 e. The standard InChI is InChI=1S/C16H8F5N3O2S/c17-11-5-14(12(18)3-8(11)6-22)24-27(25,26)15-7-23-13-4-9(16(19,20)21)1-2-10(13)15/h1-5,7,23-24H. The molecule has 0 amide bonds. The summed E-state index contributed by atoms with van der Waals surface area (Å²) < 4.78 is 92.5. The monoisotopic (exact) mass is 401 g/mol. The molecular weight excluding hydrogens is 393 g/mol. The van der Waals surface area contributed by atoms with Gasteiger partial charge < -0.3 is 4.98 Å². The largest absolute Gasteiger partial charge is 0.416 e. The number of fused-ring (bicyclic) bond motifs is 1. The Kier molecular flexibility index (Phi) is 4.31. The van der Waals surface area contributed by atoms with Gasteiger partial charge in [0.05, 0.1) is 16.8 Å². The van der Waals surface area contributed by atoms with Gasteiger partial charge in [-0.2, -0.15) is 18.4 Å². The number of alkyl halides is 3. The lowest BCUT2D eigenvalue weighted by Crippen LogP contribution is -2.14. The fourth-order valence-electron chi connectivity index (χ4n) is 2.41. The van der Waals surface area contributed by atoms with Crippen LogP contribution >= 0.6 is 0 Å². The lowest BCUT2D eigenvalue weighted by Gasteiger charge is -2.09. The fourth-order valence-corrected chi connectivity index (χ4v) is 3.65. The first-order valence-corrected chi connectivity index (χ1v) is 8.61. The normalized spacial score (nSPS) is 12.1. The van der Waals surface area contributed by atoms with Crippen molar-refractivity contribution in [2.45, 2.75) is 11.1 Å². The van der Waals surface area contributed by atoms with E-state index in [4.69, 9.17) is 5.26 Å². The molecule has 1 heterocycles. The molecule has 0 radical (unpaired) electrons. The maximum atomic E-state index is 13.9. The van der Waals surface area contributed by atoms with Crippen LogP contribution in [0.3, 0.4) is 0 Å². The Morgan fingerprint density at radius 2 is 1.78 bits per heavy atom. The number of aromatic amines is 1. The molecule has 3 rings (SSSR count). The average Bonchev–Trinajstić information content (AvgIpc) is 3.01. The number of anilines is 1. The van der Waals surface area contributed by atoms with E-state index in [0.717, 1.165) is 18.3 Å². The number of H-pyrrole nitrogens is 1. The summed E-state index contributed by atoms with van der Waals surface area (Å²) in [5, 5.41) is 8.57. The van der Waals surface area contributed by atoms with Gasteiger partial charge in [-0.3, -0.25) is 4.72 Å². The van der Waals surface area contributed by atoms with Gasteiger partial charge in [-0.25, -0.2) is 17.2 Å². The number of aromatic nitrogens is 1. The van der Waals surface area contributed by atoms with E-state index in [1.807, 2.05) is 4.72 Å². The summed E-state index contributed by atoms with van der Waals surface area (Å²) in [7, 11) is -4.46. The van der Waals surface area contributed by atoms with Gasteiger partial charge >= 0.3 is 6.18 Å². The van der Waals surface area contributed by atoms with E-state index < -0.39 is 49.5 Å². The van der Waals surface area contributed by atoms with Crippen molar-refractivity contribution in [1.29, 1.82) is 5.26 Å². The maximum absolute atomic E-state index is 13.9. The number of sulfonamides is 1. The molecule has 140 valence electrons. The Balaban J connectivity index is 2.04. The Morgan fingerprint density at radius 1 is 1.07 bits per heavy atom. The Morgan fingerprint density at radius 3 is 2.41 bits per heavy atom. The van der Waals surface area contributed by atoms with Crippen molar-refractivity contribution in [3.05, 3.63) is 59.3 Å². The number of hydrogen-bond acceptors (Lipinski definition) is 3. The summed E-state index contributed by atoms with van der Waals surface area (Å²) in [6.45, 7) is 0. The molecule has 0 saturated carbocycles. The van der Waals surface area contributed by atoms with E-state index in [2.05, 4.69) is 4.98 Å². The smallest absolute Gasteiger partial charge is 0.360 e. The summed E-state index contributed by atoms with van der Waals surface area (Å²) in [4.78, 5) is 1.96. The molecular formula is C16H8F5N3O2S. The first-order valence-electron chi connectivity index (χ1n) is 7.13. The molecule has 27 heavy (non-hydrogen) atoms. The highest BCUT2D eigenvalue weighted by atomic mass is 32.2. The summed E-state index contributed by atoms with van der Waals surface area (Å²) in [5.74, 6) is -2.32. The van der Waals surface area contributed by atoms with Gasteiger partial charge in [0, 0.05) is 23.2 Å². The Hall–Kier alpha value is -3.13. The highest BCUT2D eigenvalue weighted by Crippen LogP contribution is 2.33. The number of benzene rings is 2. The Bertz CT molecular complexity index is 1190. The zero-order chi connectivity index (χ0) is 20.0. The molecule has 2 aromatic carbocycles. The van der Waals surface area contributed by atoms with E-state index in [0.29, 0.717) is 18.2 Å². The molecule has 5 nitrogen and oxygen atoms in total. The van der Waals surface area contributed by atoms with Crippen LogP contribution in [0, 0.1) is 23.0 Å². The Labute approximate surface area is 149 Å². The average molecular weight is 401 g/mol. The second-order valence-electron chi connectivity index (χ2n) is 5.44. The molecule has 11 heteroatoms. The number of nitrogens with zero attached hydrogens (tertiary/aromatic N) is 1. The third-order valence-corrected chi connectivity index (χ3v) is 5.09. The minimum atomic E-state index is -4.61. The SMILES string of the molecule is N#Cc1cc(F)c(NS(=O)(=O)c2c[nH]c3cc(C(F)(F)F)ccc23)cc1F. The van der Waals surface area contributed by atoms with Crippen molar-refractivity contribution in [3.8, 4) is 6.07 Å². The van der Waals surface area contributed by atoms with Crippen LogP contribution in [0.4, 0.5) is 27.6 Å². The predicted octanol–water partition coefficient (Wildman–Crippen LogP) is 4.14. The van der Waals surface area contributed by atoms with Crippen LogP contribution < -0.4 is 4.72 Å². The summed E-state index contributed by atoms with van der Waals surface area (Å²) >= 11 is 0. The lowest BCUT2D eigenvalue weighted by atomic mass is 10.1. The quantitative estimate of drug-likeness (QED) is 0.647. The predicted molar refractivity (Wildman–Crippen MR) is 85.2 cm³/mol. The van der Waals surface area contributed by atoms with E-state index >= 15 is 0 Å². The van der Waals surface area contributed by atoms with Crippen LogP contribution in [0.25, 0.3) is 10.9 Å². The molecule has 0 aliphatic rings. The van der Waals surface area contributed by atoms with Crippen LogP contribution in [-0.2, 0) is 16.2 Å². The molecule has 0 unspecified atom stereocenters. The zero-order valence-corrected chi connectivity index (χ0v) is 13.8. The number of rotatable bonds is 3. The highest BCUT2D eigenvalue weighted by Gasteiger charge is 2.31. The van der Waals surface area contributed by atoms with Gasteiger partial charge in [0.15, 0.2) is 0 Å². The topological polar surface area (TPSA) is 85.8 Å². The third kappa shape index (κ3) is 3.43. The van der Waals surface area contributed by atoms with Crippen LogP contribution in [0.15, 0.2) is 41.4 Å². The molecule has 2 N–H and O–H groups in total. The minimum absolute atomic E-state index is 0.0648. The van der Waals surface area contributed by atoms with Gasteiger partial charge in [-0.05, 0) is 18.2 Å². The third-order valence-electron chi connectivity index (χ3n) is 3.68. The van der Waals surface area contributed by atoms with Crippen molar-refractivity contribution in [2.75, 3.05) is 4.72 Å². The molecule has 1 aromatic heterocycles. The highest BCUT2D eigenvalue weighted by molar-refractivity contribution is 7.93. The molecule has 0 bridgehead atoms.